The van der Waals surface area contributed by atoms with Crippen LogP contribution in [0.5, 0.6) is 0 Å². The van der Waals surface area contributed by atoms with Crippen LogP contribution in [0.15, 0.2) is 54.6 Å². The average molecular weight is 266 g/mol. The second-order valence-electron chi connectivity index (χ2n) is 5.53. The molecule has 0 bridgehead atoms. The van der Waals surface area contributed by atoms with E-state index in [1.165, 1.54) is 23.2 Å². The summed E-state index contributed by atoms with van der Waals surface area (Å²) in [6, 6.07) is 20.1. The van der Waals surface area contributed by atoms with Crippen molar-refractivity contribution in [2.24, 2.45) is 5.73 Å². The second-order valence-corrected chi connectivity index (χ2v) is 5.53. The fourth-order valence-corrected chi connectivity index (χ4v) is 3.13. The number of anilines is 1. The molecular weight excluding hydrogens is 244 g/mol. The molecule has 1 aliphatic rings. The maximum Gasteiger partial charge on any atom is 0.0432 e. The van der Waals surface area contributed by atoms with Gasteiger partial charge in [-0.2, -0.15) is 0 Å². The Labute approximate surface area is 121 Å². The Morgan fingerprint density at radius 1 is 1.00 bits per heavy atom. The highest BCUT2D eigenvalue weighted by Crippen LogP contribution is 2.34. The maximum absolute atomic E-state index is 5.69. The Bertz CT molecular complexity index is 550. The van der Waals surface area contributed by atoms with E-state index in [0.717, 1.165) is 25.9 Å². The molecule has 0 fully saturated rings. The third-order valence-electron chi connectivity index (χ3n) is 4.13. The van der Waals surface area contributed by atoms with E-state index < -0.39 is 0 Å². The van der Waals surface area contributed by atoms with Crippen LogP contribution in [0.3, 0.4) is 0 Å². The van der Waals surface area contributed by atoms with Gasteiger partial charge in [0.2, 0.25) is 0 Å². The molecule has 2 aromatic carbocycles. The highest BCUT2D eigenvalue weighted by atomic mass is 15.2. The first-order valence-electron chi connectivity index (χ1n) is 7.47. The minimum atomic E-state index is 0.594. The molecule has 2 N–H and O–H groups in total. The van der Waals surface area contributed by atoms with E-state index in [0.29, 0.717) is 6.04 Å². The number of rotatable bonds is 5. The number of fused-ring (bicyclic) bond motifs is 1. The van der Waals surface area contributed by atoms with Crippen LogP contribution in [0.4, 0.5) is 5.69 Å². The topological polar surface area (TPSA) is 29.3 Å². The van der Waals surface area contributed by atoms with E-state index in [9.17, 15) is 0 Å². The summed E-state index contributed by atoms with van der Waals surface area (Å²) in [4.78, 5) is 2.56. The molecule has 0 aliphatic carbocycles. The zero-order valence-electron chi connectivity index (χ0n) is 11.8. The molecule has 2 nitrogen and oxygen atoms in total. The summed E-state index contributed by atoms with van der Waals surface area (Å²) in [5.41, 5.74) is 9.95. The van der Waals surface area contributed by atoms with Gasteiger partial charge in [-0.3, -0.25) is 0 Å². The molecular formula is C18H22N2. The summed E-state index contributed by atoms with van der Waals surface area (Å²) in [7, 11) is 0. The molecule has 0 saturated heterocycles. The lowest BCUT2D eigenvalue weighted by Crippen LogP contribution is -2.31. The molecule has 0 saturated carbocycles. The van der Waals surface area contributed by atoms with Crippen LogP contribution in [0.25, 0.3) is 0 Å². The first-order valence-corrected chi connectivity index (χ1v) is 7.47. The van der Waals surface area contributed by atoms with Crippen molar-refractivity contribution in [1.82, 2.24) is 0 Å². The van der Waals surface area contributed by atoms with Gasteiger partial charge in [-0.1, -0.05) is 48.5 Å². The van der Waals surface area contributed by atoms with Gasteiger partial charge in [0.15, 0.2) is 0 Å². The van der Waals surface area contributed by atoms with E-state index in [1.807, 2.05) is 0 Å². The summed E-state index contributed by atoms with van der Waals surface area (Å²) < 4.78 is 0. The van der Waals surface area contributed by atoms with Crippen molar-refractivity contribution < 1.29 is 0 Å². The molecule has 0 radical (unpaired) electrons. The molecule has 1 atom stereocenters. The van der Waals surface area contributed by atoms with Gasteiger partial charge in [0.1, 0.15) is 0 Å². The van der Waals surface area contributed by atoms with Crippen LogP contribution in [-0.4, -0.2) is 12.6 Å². The van der Waals surface area contributed by atoms with Crippen LogP contribution < -0.4 is 10.6 Å². The van der Waals surface area contributed by atoms with Crippen LogP contribution in [-0.2, 0) is 13.0 Å². The molecule has 0 amide bonds. The Kier molecular flexibility index (Phi) is 4.03. The van der Waals surface area contributed by atoms with E-state index in [1.54, 1.807) is 0 Å². The van der Waals surface area contributed by atoms with Crippen LogP contribution >= 0.6 is 0 Å². The lowest BCUT2D eigenvalue weighted by molar-refractivity contribution is 0.555. The number of hydrogen-bond acceptors (Lipinski definition) is 2. The normalized spacial score (nSPS) is 17.2. The third-order valence-corrected chi connectivity index (χ3v) is 4.13. The first-order chi connectivity index (χ1) is 9.88. The van der Waals surface area contributed by atoms with Crippen LogP contribution in [0.1, 0.15) is 24.0 Å². The number of nitrogens with zero attached hydrogens (tertiary/aromatic N) is 1. The molecule has 0 aromatic heterocycles. The smallest absolute Gasteiger partial charge is 0.0432 e. The lowest BCUT2D eigenvalue weighted by atomic mass is 10.1. The fourth-order valence-electron chi connectivity index (χ4n) is 3.13. The lowest BCUT2D eigenvalue weighted by Gasteiger charge is -2.28. The van der Waals surface area contributed by atoms with Gasteiger partial charge in [0.25, 0.3) is 0 Å². The molecule has 2 aromatic rings. The second kappa shape index (κ2) is 6.10. The van der Waals surface area contributed by atoms with Crippen LogP contribution in [0, 0.1) is 0 Å². The standard InChI is InChI=1S/C18H22N2/c19-12-6-10-17-13-16-9-4-5-11-18(16)20(17)14-15-7-2-1-3-8-15/h1-5,7-9,11,17H,6,10,12-14,19H2. The summed E-state index contributed by atoms with van der Waals surface area (Å²) in [6.45, 7) is 1.78. The zero-order valence-corrected chi connectivity index (χ0v) is 11.8. The Balaban J connectivity index is 1.83. The van der Waals surface area contributed by atoms with Crippen molar-refractivity contribution in [2.45, 2.75) is 31.8 Å². The Morgan fingerprint density at radius 2 is 1.75 bits per heavy atom. The predicted octanol–water partition coefficient (Wildman–Crippen LogP) is 3.36. The molecule has 1 aliphatic heterocycles. The largest absolute Gasteiger partial charge is 0.364 e. The van der Waals surface area contributed by atoms with Crippen LogP contribution in [0.2, 0.25) is 0 Å². The van der Waals surface area contributed by atoms with Gasteiger partial charge in [-0.25, -0.2) is 0 Å². The Morgan fingerprint density at radius 3 is 2.55 bits per heavy atom. The quantitative estimate of drug-likeness (QED) is 0.899. The van der Waals surface area contributed by atoms with E-state index in [-0.39, 0.29) is 0 Å². The number of para-hydroxylation sites is 1. The molecule has 0 spiro atoms. The maximum atomic E-state index is 5.69. The third kappa shape index (κ3) is 2.70. The fraction of sp³-hybridized carbons (Fsp3) is 0.333. The summed E-state index contributed by atoms with van der Waals surface area (Å²) in [5, 5.41) is 0. The van der Waals surface area contributed by atoms with Gasteiger partial charge < -0.3 is 10.6 Å². The van der Waals surface area contributed by atoms with E-state index in [4.69, 9.17) is 5.73 Å². The molecule has 104 valence electrons. The average Bonchev–Trinajstić information content (AvgIpc) is 2.84. The van der Waals surface area contributed by atoms with E-state index >= 15 is 0 Å². The summed E-state index contributed by atoms with van der Waals surface area (Å²) in [5.74, 6) is 0. The van der Waals surface area contributed by atoms with Gasteiger partial charge in [-0.05, 0) is 43.0 Å². The van der Waals surface area contributed by atoms with Gasteiger partial charge in [-0.15, -0.1) is 0 Å². The first kappa shape index (κ1) is 13.2. The van der Waals surface area contributed by atoms with Crippen molar-refractivity contribution in [3.05, 3.63) is 65.7 Å². The molecule has 1 unspecified atom stereocenters. The van der Waals surface area contributed by atoms with Gasteiger partial charge in [0, 0.05) is 18.3 Å². The highest BCUT2D eigenvalue weighted by Gasteiger charge is 2.28. The number of nitrogens with two attached hydrogens (primary N) is 1. The Hall–Kier alpha value is -1.80. The van der Waals surface area contributed by atoms with E-state index in [2.05, 4.69) is 59.5 Å². The number of hydrogen-bond donors (Lipinski definition) is 1. The van der Waals surface area contributed by atoms with Gasteiger partial charge >= 0.3 is 0 Å². The van der Waals surface area contributed by atoms with Crippen molar-refractivity contribution >= 4 is 5.69 Å². The highest BCUT2D eigenvalue weighted by molar-refractivity contribution is 5.59. The SMILES string of the molecule is NCCCC1Cc2ccccc2N1Cc1ccccc1. The zero-order chi connectivity index (χ0) is 13.8. The summed E-state index contributed by atoms with van der Waals surface area (Å²) >= 11 is 0. The predicted molar refractivity (Wildman–Crippen MR) is 84.8 cm³/mol. The molecule has 1 heterocycles. The molecule has 2 heteroatoms. The number of benzene rings is 2. The van der Waals surface area contributed by atoms with Crippen molar-refractivity contribution in [1.29, 1.82) is 0 Å². The van der Waals surface area contributed by atoms with Crippen molar-refractivity contribution in [2.75, 3.05) is 11.4 Å². The molecule has 3 rings (SSSR count). The minimum Gasteiger partial charge on any atom is -0.364 e. The van der Waals surface area contributed by atoms with Gasteiger partial charge in [0.05, 0.1) is 0 Å². The molecule has 20 heavy (non-hydrogen) atoms. The van der Waals surface area contributed by atoms with Crippen molar-refractivity contribution in [3.8, 4) is 0 Å². The van der Waals surface area contributed by atoms with Crippen molar-refractivity contribution in [3.63, 3.8) is 0 Å². The monoisotopic (exact) mass is 266 g/mol. The minimum absolute atomic E-state index is 0.594. The summed E-state index contributed by atoms with van der Waals surface area (Å²) in [6.07, 6.45) is 3.44.